The number of aromatic nitrogens is 1. The zero-order valence-electron chi connectivity index (χ0n) is 18.7. The largest absolute Gasteiger partial charge is 0.493 e. The molecule has 7 nitrogen and oxygen atoms in total. The van der Waals surface area contributed by atoms with Crippen LogP contribution in [0.1, 0.15) is 22.2 Å². The number of guanidine groups is 1. The van der Waals surface area contributed by atoms with Crippen LogP contribution in [0.15, 0.2) is 53.7 Å². The molecule has 0 fully saturated rings. The summed E-state index contributed by atoms with van der Waals surface area (Å²) in [4.78, 5) is 11.6. The van der Waals surface area contributed by atoms with Crippen molar-refractivity contribution in [3.63, 3.8) is 0 Å². The number of aryl methyl sites for hydroxylation is 1. The number of nitrogens with one attached hydrogen (secondary N) is 2. The second-order valence-corrected chi connectivity index (χ2v) is 8.03. The van der Waals surface area contributed by atoms with Crippen LogP contribution in [-0.2, 0) is 13.1 Å². The third-order valence-corrected chi connectivity index (χ3v) is 5.38. The van der Waals surface area contributed by atoms with Gasteiger partial charge in [0.15, 0.2) is 17.5 Å². The average molecular weight is 568 g/mol. The molecule has 2 heterocycles. The Morgan fingerprint density at radius 2 is 1.78 bits per heavy atom. The van der Waals surface area contributed by atoms with Crippen molar-refractivity contribution in [2.24, 2.45) is 4.99 Å². The van der Waals surface area contributed by atoms with Gasteiger partial charge in [-0.25, -0.2) is 9.98 Å². The number of ether oxygens (including phenoxy) is 3. The standard InChI is InChI=1S/C23H28N4O3S.HI/c1-5-24-23(27-15-18-11-9-16(2)31-18)26-14-17-10-12-21(25-13-17)30-22-19(28-3)7-6-8-20(22)29-4;/h6-13H,5,14-15H2,1-4H3,(H2,24,26,27);1H. The lowest BCUT2D eigenvalue weighted by Crippen LogP contribution is -2.36. The number of hydrogen-bond donors (Lipinski definition) is 2. The van der Waals surface area contributed by atoms with Gasteiger partial charge in [-0.3, -0.25) is 0 Å². The maximum Gasteiger partial charge on any atom is 0.219 e. The van der Waals surface area contributed by atoms with Crippen LogP contribution in [0.4, 0.5) is 0 Å². The number of rotatable bonds is 9. The Morgan fingerprint density at radius 3 is 2.34 bits per heavy atom. The zero-order valence-corrected chi connectivity index (χ0v) is 21.8. The molecule has 1 aromatic carbocycles. The van der Waals surface area contributed by atoms with E-state index in [1.165, 1.54) is 9.75 Å². The second-order valence-electron chi connectivity index (χ2n) is 6.66. The highest BCUT2D eigenvalue weighted by Crippen LogP contribution is 2.39. The molecule has 0 bridgehead atoms. The van der Waals surface area contributed by atoms with E-state index in [4.69, 9.17) is 14.2 Å². The van der Waals surface area contributed by atoms with Gasteiger partial charge in [0.05, 0.1) is 27.3 Å². The lowest BCUT2D eigenvalue weighted by Gasteiger charge is -2.13. The van der Waals surface area contributed by atoms with Crippen LogP contribution in [0, 0.1) is 6.92 Å². The van der Waals surface area contributed by atoms with Gasteiger partial charge in [-0.1, -0.05) is 12.1 Å². The highest BCUT2D eigenvalue weighted by molar-refractivity contribution is 14.0. The summed E-state index contributed by atoms with van der Waals surface area (Å²) in [7, 11) is 3.18. The van der Waals surface area contributed by atoms with Crippen LogP contribution >= 0.6 is 35.3 Å². The summed E-state index contributed by atoms with van der Waals surface area (Å²) in [5.41, 5.74) is 0.975. The predicted molar refractivity (Wildman–Crippen MR) is 140 cm³/mol. The third kappa shape index (κ3) is 7.27. The SMILES string of the molecule is CCNC(=NCc1ccc(Oc2c(OC)cccc2OC)nc1)NCc1ccc(C)s1.I. The first-order valence-electron chi connectivity index (χ1n) is 10.0. The number of aliphatic imine (C=N–C) groups is 1. The first-order chi connectivity index (χ1) is 15.1. The van der Waals surface area contributed by atoms with Crippen molar-refractivity contribution in [2.45, 2.75) is 26.9 Å². The fourth-order valence-corrected chi connectivity index (χ4v) is 3.68. The van der Waals surface area contributed by atoms with Crippen LogP contribution in [0.3, 0.4) is 0 Å². The van der Waals surface area contributed by atoms with E-state index in [0.29, 0.717) is 29.7 Å². The molecule has 3 aromatic rings. The molecule has 0 aliphatic rings. The number of para-hydroxylation sites is 1. The van der Waals surface area contributed by atoms with Gasteiger partial charge in [0.25, 0.3) is 0 Å². The van der Waals surface area contributed by atoms with Gasteiger partial charge in [0, 0.05) is 28.6 Å². The summed E-state index contributed by atoms with van der Waals surface area (Å²) in [6.07, 6.45) is 1.76. The van der Waals surface area contributed by atoms with E-state index in [-0.39, 0.29) is 24.0 Å². The molecule has 0 aliphatic carbocycles. The van der Waals surface area contributed by atoms with E-state index in [1.54, 1.807) is 31.8 Å². The van der Waals surface area contributed by atoms with Crippen molar-refractivity contribution in [1.82, 2.24) is 15.6 Å². The molecular formula is C23H29IN4O3S. The number of pyridine rings is 1. The molecule has 0 aliphatic heterocycles. The fraction of sp³-hybridized carbons (Fsp3) is 0.304. The Balaban J connectivity index is 0.00000363. The number of thiophene rings is 1. The quantitative estimate of drug-likeness (QED) is 0.212. The molecule has 9 heteroatoms. The van der Waals surface area contributed by atoms with Crippen LogP contribution in [-0.4, -0.2) is 31.7 Å². The molecule has 2 N–H and O–H groups in total. The van der Waals surface area contributed by atoms with Crippen LogP contribution < -0.4 is 24.8 Å². The average Bonchev–Trinajstić information content (AvgIpc) is 3.21. The lowest BCUT2D eigenvalue weighted by atomic mass is 10.3. The topological polar surface area (TPSA) is 77.0 Å². The van der Waals surface area contributed by atoms with Crippen molar-refractivity contribution in [3.8, 4) is 23.1 Å². The molecule has 0 unspecified atom stereocenters. The molecule has 2 aromatic heterocycles. The van der Waals surface area contributed by atoms with E-state index in [1.807, 2.05) is 37.3 Å². The van der Waals surface area contributed by atoms with E-state index in [2.05, 4.69) is 39.7 Å². The number of benzene rings is 1. The van der Waals surface area contributed by atoms with Crippen LogP contribution in [0.5, 0.6) is 23.1 Å². The molecule has 0 radical (unpaired) electrons. The minimum absolute atomic E-state index is 0. The van der Waals surface area contributed by atoms with Gasteiger partial charge in [-0.15, -0.1) is 35.3 Å². The predicted octanol–water partition coefficient (Wildman–Crippen LogP) is 5.13. The Morgan fingerprint density at radius 1 is 1.03 bits per heavy atom. The smallest absolute Gasteiger partial charge is 0.219 e. The van der Waals surface area contributed by atoms with E-state index >= 15 is 0 Å². The maximum absolute atomic E-state index is 5.91. The first kappa shape index (κ1) is 25.7. The summed E-state index contributed by atoms with van der Waals surface area (Å²) in [5.74, 6) is 2.88. The van der Waals surface area contributed by atoms with Crippen molar-refractivity contribution in [3.05, 3.63) is 64.0 Å². The Bertz CT molecular complexity index is 986. The van der Waals surface area contributed by atoms with Crippen molar-refractivity contribution < 1.29 is 14.2 Å². The number of methoxy groups -OCH3 is 2. The number of hydrogen-bond acceptors (Lipinski definition) is 6. The van der Waals surface area contributed by atoms with Crippen molar-refractivity contribution >= 4 is 41.3 Å². The van der Waals surface area contributed by atoms with Gasteiger partial charge in [-0.05, 0) is 43.7 Å². The Labute approximate surface area is 210 Å². The summed E-state index contributed by atoms with van der Waals surface area (Å²) in [6.45, 7) is 6.20. The highest BCUT2D eigenvalue weighted by Gasteiger charge is 2.13. The van der Waals surface area contributed by atoms with E-state index < -0.39 is 0 Å². The third-order valence-electron chi connectivity index (χ3n) is 4.38. The van der Waals surface area contributed by atoms with Crippen LogP contribution in [0.25, 0.3) is 0 Å². The van der Waals surface area contributed by atoms with Gasteiger partial charge in [-0.2, -0.15) is 0 Å². The minimum atomic E-state index is 0. The Kier molecular flexibility index (Phi) is 10.5. The molecule has 0 spiro atoms. The van der Waals surface area contributed by atoms with Crippen molar-refractivity contribution in [1.29, 1.82) is 0 Å². The number of halogens is 1. The lowest BCUT2D eigenvalue weighted by molar-refractivity contribution is 0.342. The molecule has 32 heavy (non-hydrogen) atoms. The highest BCUT2D eigenvalue weighted by atomic mass is 127. The zero-order chi connectivity index (χ0) is 22.1. The summed E-state index contributed by atoms with van der Waals surface area (Å²) in [6, 6.07) is 13.5. The minimum Gasteiger partial charge on any atom is -0.493 e. The monoisotopic (exact) mass is 568 g/mol. The second kappa shape index (κ2) is 13.1. The molecule has 172 valence electrons. The molecule has 0 saturated heterocycles. The van der Waals surface area contributed by atoms with Crippen molar-refractivity contribution in [2.75, 3.05) is 20.8 Å². The molecule has 0 amide bonds. The van der Waals surface area contributed by atoms with E-state index in [9.17, 15) is 0 Å². The molecule has 0 atom stereocenters. The fourth-order valence-electron chi connectivity index (χ4n) is 2.85. The van der Waals surface area contributed by atoms with E-state index in [0.717, 1.165) is 24.6 Å². The molecule has 0 saturated carbocycles. The van der Waals surface area contributed by atoms with Gasteiger partial charge in [0.2, 0.25) is 11.6 Å². The summed E-state index contributed by atoms with van der Waals surface area (Å²) >= 11 is 1.78. The van der Waals surface area contributed by atoms with Crippen LogP contribution in [0.2, 0.25) is 0 Å². The first-order valence-corrected chi connectivity index (χ1v) is 10.9. The summed E-state index contributed by atoms with van der Waals surface area (Å²) < 4.78 is 16.6. The summed E-state index contributed by atoms with van der Waals surface area (Å²) in [5, 5.41) is 6.64. The maximum atomic E-state index is 5.91. The molecule has 3 rings (SSSR count). The molecular weight excluding hydrogens is 539 g/mol. The van der Waals surface area contributed by atoms with Gasteiger partial charge in [0.1, 0.15) is 0 Å². The van der Waals surface area contributed by atoms with Gasteiger partial charge < -0.3 is 24.8 Å². The number of nitrogens with zero attached hydrogens (tertiary/aromatic N) is 2. The normalized spacial score (nSPS) is 10.8. The van der Waals surface area contributed by atoms with Gasteiger partial charge >= 0.3 is 0 Å². The Hall–Kier alpha value is -2.53.